The zero-order valence-corrected chi connectivity index (χ0v) is 10.7. The maximum atomic E-state index is 10.8. The molecule has 1 rings (SSSR count). The van der Waals surface area contributed by atoms with Crippen molar-refractivity contribution in [2.75, 3.05) is 20.3 Å². The molecular formula is C11H15ClN2O4. The lowest BCUT2D eigenvalue weighted by Crippen LogP contribution is -2.29. The van der Waals surface area contributed by atoms with Crippen LogP contribution >= 0.6 is 11.6 Å². The number of nitro benzene ring substituents is 1. The van der Waals surface area contributed by atoms with Gasteiger partial charge in [0.15, 0.2) is 0 Å². The molecular weight excluding hydrogens is 260 g/mol. The van der Waals surface area contributed by atoms with Crippen molar-refractivity contribution in [1.29, 1.82) is 0 Å². The van der Waals surface area contributed by atoms with E-state index in [9.17, 15) is 15.2 Å². The van der Waals surface area contributed by atoms with E-state index in [2.05, 4.69) is 5.32 Å². The Kier molecular flexibility index (Phi) is 6.00. The minimum Gasteiger partial charge on any atom is -0.389 e. The third-order valence-corrected chi connectivity index (χ3v) is 2.53. The second-order valence-electron chi connectivity index (χ2n) is 3.77. The van der Waals surface area contributed by atoms with E-state index in [1.807, 2.05) is 0 Å². The average molecular weight is 275 g/mol. The predicted molar refractivity (Wildman–Crippen MR) is 67.7 cm³/mol. The van der Waals surface area contributed by atoms with E-state index in [1.165, 1.54) is 25.3 Å². The Bertz CT molecular complexity index is 414. The van der Waals surface area contributed by atoms with Crippen LogP contribution in [0.4, 0.5) is 5.69 Å². The summed E-state index contributed by atoms with van der Waals surface area (Å²) >= 11 is 5.79. The van der Waals surface area contributed by atoms with Crippen LogP contribution in [0.25, 0.3) is 0 Å². The van der Waals surface area contributed by atoms with Gasteiger partial charge in [-0.2, -0.15) is 0 Å². The standard InChI is InChI=1S/C11H15ClN2O4/c1-18-7-10(15)6-13-5-8-4-9(12)2-3-11(8)14(16)17/h2-4,10,13,15H,5-7H2,1H3. The van der Waals surface area contributed by atoms with Crippen LogP contribution < -0.4 is 5.32 Å². The zero-order chi connectivity index (χ0) is 13.5. The molecule has 0 heterocycles. The molecule has 0 saturated heterocycles. The predicted octanol–water partition coefficient (Wildman–Crippen LogP) is 1.35. The average Bonchev–Trinajstić information content (AvgIpc) is 2.29. The SMILES string of the molecule is COCC(O)CNCc1cc(Cl)ccc1[N+](=O)[O-]. The number of nitro groups is 1. The number of halogens is 1. The van der Waals surface area contributed by atoms with Gasteiger partial charge < -0.3 is 15.2 Å². The number of benzene rings is 1. The summed E-state index contributed by atoms with van der Waals surface area (Å²) in [7, 11) is 1.49. The molecule has 0 saturated carbocycles. The number of rotatable bonds is 7. The van der Waals surface area contributed by atoms with Gasteiger partial charge in [0.25, 0.3) is 5.69 Å². The van der Waals surface area contributed by atoms with Crippen molar-refractivity contribution in [3.8, 4) is 0 Å². The summed E-state index contributed by atoms with van der Waals surface area (Å²) in [6, 6.07) is 4.38. The van der Waals surface area contributed by atoms with Crippen LogP contribution in [0, 0.1) is 10.1 Å². The van der Waals surface area contributed by atoms with Gasteiger partial charge in [-0.1, -0.05) is 11.6 Å². The van der Waals surface area contributed by atoms with Crippen molar-refractivity contribution in [3.05, 3.63) is 38.9 Å². The first kappa shape index (κ1) is 14.8. The second-order valence-corrected chi connectivity index (χ2v) is 4.21. The highest BCUT2D eigenvalue weighted by Gasteiger charge is 2.13. The van der Waals surface area contributed by atoms with Crippen LogP contribution in [0.5, 0.6) is 0 Å². The molecule has 0 spiro atoms. The second kappa shape index (κ2) is 7.27. The topological polar surface area (TPSA) is 84.6 Å². The molecule has 1 unspecified atom stereocenters. The van der Waals surface area contributed by atoms with Gasteiger partial charge in [-0.15, -0.1) is 0 Å². The van der Waals surface area contributed by atoms with Gasteiger partial charge in [-0.25, -0.2) is 0 Å². The van der Waals surface area contributed by atoms with Crippen molar-refractivity contribution in [2.24, 2.45) is 0 Å². The van der Waals surface area contributed by atoms with Crippen molar-refractivity contribution >= 4 is 17.3 Å². The van der Waals surface area contributed by atoms with E-state index >= 15 is 0 Å². The molecule has 1 aromatic carbocycles. The molecule has 18 heavy (non-hydrogen) atoms. The number of methoxy groups -OCH3 is 1. The number of aliphatic hydroxyl groups is 1. The third-order valence-electron chi connectivity index (χ3n) is 2.29. The van der Waals surface area contributed by atoms with Crippen molar-refractivity contribution in [3.63, 3.8) is 0 Å². The fourth-order valence-corrected chi connectivity index (χ4v) is 1.69. The molecule has 6 nitrogen and oxygen atoms in total. The summed E-state index contributed by atoms with van der Waals surface area (Å²) in [5.41, 5.74) is 0.491. The summed E-state index contributed by atoms with van der Waals surface area (Å²) in [6.45, 7) is 0.764. The summed E-state index contributed by atoms with van der Waals surface area (Å²) in [5.74, 6) is 0. The number of hydrogen-bond acceptors (Lipinski definition) is 5. The van der Waals surface area contributed by atoms with Gasteiger partial charge in [0.05, 0.1) is 17.6 Å². The van der Waals surface area contributed by atoms with Gasteiger partial charge in [0, 0.05) is 36.9 Å². The maximum Gasteiger partial charge on any atom is 0.273 e. The van der Waals surface area contributed by atoms with Crippen LogP contribution in [-0.4, -0.2) is 36.4 Å². The molecule has 2 N–H and O–H groups in total. The zero-order valence-electron chi connectivity index (χ0n) is 9.93. The normalized spacial score (nSPS) is 12.4. The van der Waals surface area contributed by atoms with Gasteiger partial charge in [0.1, 0.15) is 0 Å². The van der Waals surface area contributed by atoms with E-state index < -0.39 is 11.0 Å². The number of ether oxygens (including phenoxy) is 1. The van der Waals surface area contributed by atoms with E-state index in [-0.39, 0.29) is 25.4 Å². The van der Waals surface area contributed by atoms with E-state index in [4.69, 9.17) is 16.3 Å². The molecule has 100 valence electrons. The van der Waals surface area contributed by atoms with E-state index in [0.717, 1.165) is 0 Å². The monoisotopic (exact) mass is 274 g/mol. The lowest BCUT2D eigenvalue weighted by molar-refractivity contribution is -0.385. The smallest absolute Gasteiger partial charge is 0.273 e. The number of nitrogens with zero attached hydrogens (tertiary/aromatic N) is 1. The van der Waals surface area contributed by atoms with Crippen LogP contribution in [0.1, 0.15) is 5.56 Å². The first-order valence-electron chi connectivity index (χ1n) is 5.35. The summed E-state index contributed by atoms with van der Waals surface area (Å²) in [6.07, 6.45) is -0.645. The Morgan fingerprint density at radius 3 is 2.94 bits per heavy atom. The fourth-order valence-electron chi connectivity index (χ4n) is 1.50. The van der Waals surface area contributed by atoms with Gasteiger partial charge in [-0.05, 0) is 12.1 Å². The van der Waals surface area contributed by atoms with Gasteiger partial charge in [-0.3, -0.25) is 10.1 Å². The molecule has 7 heteroatoms. The van der Waals surface area contributed by atoms with Crippen LogP contribution in [0.3, 0.4) is 0 Å². The van der Waals surface area contributed by atoms with Crippen molar-refractivity contribution < 1.29 is 14.8 Å². The highest BCUT2D eigenvalue weighted by molar-refractivity contribution is 6.30. The molecule has 0 aliphatic rings. The third kappa shape index (κ3) is 4.58. The Morgan fingerprint density at radius 1 is 1.61 bits per heavy atom. The number of aliphatic hydroxyl groups excluding tert-OH is 1. The molecule has 0 bridgehead atoms. The van der Waals surface area contributed by atoms with Gasteiger partial charge in [0.2, 0.25) is 0 Å². The number of hydrogen-bond donors (Lipinski definition) is 2. The Balaban J connectivity index is 2.60. The maximum absolute atomic E-state index is 10.8. The van der Waals surface area contributed by atoms with Crippen LogP contribution in [0.15, 0.2) is 18.2 Å². The molecule has 0 aromatic heterocycles. The largest absolute Gasteiger partial charge is 0.389 e. The first-order valence-corrected chi connectivity index (χ1v) is 5.73. The Hall–Kier alpha value is -1.21. The Morgan fingerprint density at radius 2 is 2.33 bits per heavy atom. The molecule has 0 amide bonds. The van der Waals surface area contributed by atoms with Crippen molar-refractivity contribution in [1.82, 2.24) is 5.32 Å². The molecule has 0 aliphatic heterocycles. The van der Waals surface area contributed by atoms with Gasteiger partial charge >= 0.3 is 0 Å². The minimum atomic E-state index is -0.645. The molecule has 1 atom stereocenters. The lowest BCUT2D eigenvalue weighted by Gasteiger charge is -2.11. The highest BCUT2D eigenvalue weighted by atomic mass is 35.5. The van der Waals surface area contributed by atoms with E-state index in [0.29, 0.717) is 10.6 Å². The first-order chi connectivity index (χ1) is 8.54. The molecule has 0 radical (unpaired) electrons. The van der Waals surface area contributed by atoms with E-state index in [1.54, 1.807) is 0 Å². The number of nitrogens with one attached hydrogen (secondary N) is 1. The summed E-state index contributed by atoms with van der Waals surface area (Å²) in [4.78, 5) is 10.3. The highest BCUT2D eigenvalue weighted by Crippen LogP contribution is 2.22. The quantitative estimate of drug-likeness (QED) is 0.579. The molecule has 0 fully saturated rings. The lowest BCUT2D eigenvalue weighted by atomic mass is 10.2. The Labute approximate surface area is 110 Å². The molecule has 0 aliphatic carbocycles. The molecule has 1 aromatic rings. The van der Waals surface area contributed by atoms with Crippen LogP contribution in [-0.2, 0) is 11.3 Å². The summed E-state index contributed by atoms with van der Waals surface area (Å²) in [5, 5.41) is 23.6. The van der Waals surface area contributed by atoms with Crippen molar-refractivity contribution in [2.45, 2.75) is 12.6 Å². The minimum absolute atomic E-state index is 0.00753. The fraction of sp³-hybridized carbons (Fsp3) is 0.455. The van der Waals surface area contributed by atoms with Crippen LogP contribution in [0.2, 0.25) is 5.02 Å². The summed E-state index contributed by atoms with van der Waals surface area (Å²) < 4.78 is 4.77.